The molecule has 9 nitrogen and oxygen atoms in total. The lowest BCUT2D eigenvalue weighted by atomic mass is 10.1. The monoisotopic (exact) mass is 967 g/mol. The van der Waals surface area contributed by atoms with Crippen molar-refractivity contribution in [3.8, 4) is 0 Å². The Kier molecular flexibility index (Phi) is 13.5. The molecule has 0 saturated carbocycles. The van der Waals surface area contributed by atoms with Crippen LogP contribution in [0.25, 0.3) is 11.0 Å². The van der Waals surface area contributed by atoms with E-state index in [0.717, 1.165) is 36.0 Å². The molecule has 1 saturated heterocycles. The van der Waals surface area contributed by atoms with E-state index in [0.29, 0.717) is 55.6 Å². The smallest absolute Gasteiger partial charge is 0.246 e. The third kappa shape index (κ3) is 10.0. The topological polar surface area (TPSA) is 99.0 Å². The second-order valence-electron chi connectivity index (χ2n) is 13.1. The number of hydrogen-bond acceptors (Lipinski definition) is 7. The largest absolute Gasteiger partial charge is 0.371 e. The fraction of sp³-hybridized carbons (Fsp3) is 0.214. The maximum atomic E-state index is 14.2. The first kappa shape index (κ1) is 40.8. The molecule has 294 valence electrons. The summed E-state index contributed by atoms with van der Waals surface area (Å²) in [7, 11) is 0. The lowest BCUT2D eigenvalue weighted by molar-refractivity contribution is -0.131. The number of halogens is 6. The summed E-state index contributed by atoms with van der Waals surface area (Å²) in [6, 6.07) is 30.8. The average molecular weight is 970 g/mol. The SMILES string of the molecule is Fc1ccccc1C1COCC(Nc2ccc(Br)cc2Br)=N1.Fc1ccccc1C1COCc2nc3ccc(Br)cc3n21.O=C1COCC(c2ccccc2F)N1. The van der Waals surface area contributed by atoms with Crippen molar-refractivity contribution in [3.05, 3.63) is 163 Å². The van der Waals surface area contributed by atoms with Gasteiger partial charge in [-0.2, -0.15) is 0 Å². The summed E-state index contributed by atoms with van der Waals surface area (Å²) >= 11 is 10.4. The van der Waals surface area contributed by atoms with Gasteiger partial charge in [0.15, 0.2) is 0 Å². The molecule has 1 amide bonds. The number of fused-ring (bicyclic) bond motifs is 3. The number of amides is 1. The van der Waals surface area contributed by atoms with Crippen LogP contribution >= 0.6 is 47.8 Å². The van der Waals surface area contributed by atoms with Gasteiger partial charge in [0.1, 0.15) is 55.0 Å². The summed E-state index contributed by atoms with van der Waals surface area (Å²) < 4.78 is 62.5. The predicted octanol–water partition coefficient (Wildman–Crippen LogP) is 10.0. The number of morpholine rings is 1. The van der Waals surface area contributed by atoms with Gasteiger partial charge < -0.3 is 29.4 Å². The third-order valence-corrected chi connectivity index (χ3v) is 10.9. The Morgan fingerprint density at radius 3 is 1.98 bits per heavy atom. The maximum absolute atomic E-state index is 14.2. The lowest BCUT2D eigenvalue weighted by Gasteiger charge is -2.26. The fourth-order valence-corrected chi connectivity index (χ4v) is 8.09. The number of aromatic nitrogens is 2. The number of nitrogens with one attached hydrogen (secondary N) is 2. The van der Waals surface area contributed by atoms with Crippen LogP contribution < -0.4 is 10.6 Å². The Bertz CT molecular complexity index is 2410. The van der Waals surface area contributed by atoms with Crippen molar-refractivity contribution in [2.24, 2.45) is 4.99 Å². The van der Waals surface area contributed by atoms with E-state index in [1.54, 1.807) is 42.5 Å². The summed E-state index contributed by atoms with van der Waals surface area (Å²) in [5, 5.41) is 5.90. The molecule has 1 fully saturated rings. The zero-order valence-electron chi connectivity index (χ0n) is 30.1. The summed E-state index contributed by atoms with van der Waals surface area (Å²) in [4.78, 5) is 20.2. The number of nitrogens with zero attached hydrogens (tertiary/aromatic N) is 3. The van der Waals surface area contributed by atoms with Crippen LogP contribution in [0.2, 0.25) is 0 Å². The van der Waals surface area contributed by atoms with Gasteiger partial charge in [-0.25, -0.2) is 18.2 Å². The van der Waals surface area contributed by atoms with Crippen LogP contribution in [0.4, 0.5) is 18.9 Å². The molecule has 4 heterocycles. The number of rotatable bonds is 4. The first-order valence-electron chi connectivity index (χ1n) is 17.9. The molecule has 6 aromatic rings. The van der Waals surface area contributed by atoms with E-state index in [4.69, 9.17) is 14.2 Å². The first-order chi connectivity index (χ1) is 27.6. The molecular formula is C42H35Br3F3N5O4. The lowest BCUT2D eigenvalue weighted by Crippen LogP contribution is -2.40. The van der Waals surface area contributed by atoms with Gasteiger partial charge in [0.05, 0.1) is 48.6 Å². The number of aliphatic imine (C=N–C) groups is 1. The first-order valence-corrected chi connectivity index (χ1v) is 20.2. The predicted molar refractivity (Wildman–Crippen MR) is 223 cm³/mol. The molecule has 0 radical (unpaired) electrons. The van der Waals surface area contributed by atoms with Gasteiger partial charge in [-0.05, 0) is 70.5 Å². The maximum Gasteiger partial charge on any atom is 0.246 e. The van der Waals surface area contributed by atoms with Crippen molar-refractivity contribution in [2.75, 3.05) is 38.4 Å². The van der Waals surface area contributed by atoms with Gasteiger partial charge in [-0.3, -0.25) is 9.79 Å². The van der Waals surface area contributed by atoms with E-state index in [2.05, 4.69) is 73.0 Å². The molecular weight excluding hydrogens is 935 g/mol. The zero-order chi connectivity index (χ0) is 39.9. The summed E-state index contributed by atoms with van der Waals surface area (Å²) in [5.74, 6) is 0.527. The minimum atomic E-state index is -0.363. The van der Waals surface area contributed by atoms with Gasteiger partial charge >= 0.3 is 0 Å². The third-order valence-electron chi connectivity index (χ3n) is 9.24. The molecule has 0 bridgehead atoms. The van der Waals surface area contributed by atoms with Crippen molar-refractivity contribution in [1.29, 1.82) is 0 Å². The van der Waals surface area contributed by atoms with Crippen molar-refractivity contribution in [1.82, 2.24) is 14.9 Å². The normalized spacial score (nSPS) is 18.9. The molecule has 3 aliphatic rings. The van der Waals surface area contributed by atoms with Gasteiger partial charge in [-0.1, -0.05) is 86.5 Å². The van der Waals surface area contributed by atoms with Crippen LogP contribution in [0.3, 0.4) is 0 Å². The van der Waals surface area contributed by atoms with E-state index < -0.39 is 0 Å². The van der Waals surface area contributed by atoms with E-state index in [9.17, 15) is 18.0 Å². The van der Waals surface area contributed by atoms with Crippen LogP contribution in [0.15, 0.2) is 128 Å². The average Bonchev–Trinajstić information content (AvgIpc) is 3.58. The van der Waals surface area contributed by atoms with Crippen LogP contribution in [0, 0.1) is 17.5 Å². The zero-order valence-corrected chi connectivity index (χ0v) is 34.9. The molecule has 0 spiro atoms. The second-order valence-corrected chi connectivity index (χ2v) is 15.8. The highest BCUT2D eigenvalue weighted by molar-refractivity contribution is 9.11. The number of hydrogen-bond donors (Lipinski definition) is 2. The van der Waals surface area contributed by atoms with Crippen molar-refractivity contribution < 1.29 is 32.2 Å². The molecule has 3 atom stereocenters. The summed E-state index contributed by atoms with van der Waals surface area (Å²) in [6.07, 6.45) is 0. The molecule has 2 N–H and O–H groups in total. The quantitative estimate of drug-likeness (QED) is 0.183. The van der Waals surface area contributed by atoms with E-state index in [1.807, 2.05) is 48.5 Å². The van der Waals surface area contributed by atoms with Crippen molar-refractivity contribution in [2.45, 2.75) is 24.7 Å². The number of amidine groups is 1. The molecule has 15 heteroatoms. The second kappa shape index (κ2) is 18.9. The molecule has 9 rings (SSSR count). The van der Waals surface area contributed by atoms with Gasteiger partial charge in [0.2, 0.25) is 5.91 Å². The van der Waals surface area contributed by atoms with E-state index in [-0.39, 0.29) is 48.1 Å². The Balaban J connectivity index is 0.000000134. The minimum absolute atomic E-state index is 0.0605. The van der Waals surface area contributed by atoms with Gasteiger partial charge in [-0.15, -0.1) is 0 Å². The van der Waals surface area contributed by atoms with Gasteiger partial charge in [0.25, 0.3) is 0 Å². The highest BCUT2D eigenvalue weighted by Gasteiger charge is 2.27. The molecule has 0 aliphatic carbocycles. The Hall–Kier alpha value is -4.38. The number of carbonyl (C=O) groups is 1. The molecule has 5 aromatic carbocycles. The van der Waals surface area contributed by atoms with Crippen LogP contribution in [-0.4, -0.2) is 54.3 Å². The van der Waals surface area contributed by atoms with E-state index >= 15 is 0 Å². The summed E-state index contributed by atoms with van der Waals surface area (Å²) in [6.45, 7) is 2.06. The van der Waals surface area contributed by atoms with Crippen molar-refractivity contribution >= 4 is 76.3 Å². The molecule has 57 heavy (non-hydrogen) atoms. The number of anilines is 1. The number of carbonyl (C=O) groups excluding carboxylic acids is 1. The summed E-state index contributed by atoms with van der Waals surface area (Å²) in [5.41, 5.74) is 4.45. The minimum Gasteiger partial charge on any atom is -0.371 e. The van der Waals surface area contributed by atoms with Crippen LogP contribution in [0.1, 0.15) is 40.6 Å². The Morgan fingerprint density at radius 1 is 0.684 bits per heavy atom. The van der Waals surface area contributed by atoms with Gasteiger partial charge in [0, 0.05) is 30.1 Å². The number of imidazole rings is 1. The molecule has 3 unspecified atom stereocenters. The van der Waals surface area contributed by atoms with E-state index in [1.165, 1.54) is 18.2 Å². The van der Waals surface area contributed by atoms with Crippen LogP contribution in [-0.2, 0) is 25.6 Å². The van der Waals surface area contributed by atoms with Crippen molar-refractivity contribution in [3.63, 3.8) is 0 Å². The number of ether oxygens (including phenoxy) is 3. The molecule has 3 aliphatic heterocycles. The molecule has 1 aromatic heterocycles. The van der Waals surface area contributed by atoms with Crippen LogP contribution in [0.5, 0.6) is 0 Å². The fourth-order valence-electron chi connectivity index (χ4n) is 6.60. The standard InChI is InChI=1S/C16H13Br2FN2O.C16H12BrFN2O.C10H10FNO2/c17-10-5-6-14(12(18)7-10)20-16-9-22-8-15(21-16)11-3-1-2-4-13(11)19;17-10-5-6-13-14(7-10)20-15(8-21-9-16(20)19-13)11-3-1-2-4-12(11)18;11-8-4-2-1-3-7(8)9-5-14-6-10(13)12-9/h1-7,15H,8-9H2,(H,20,21);1-7,15H,8-9H2;1-4,9H,5-6H2,(H,12,13). The highest BCUT2D eigenvalue weighted by atomic mass is 79.9. The highest BCUT2D eigenvalue weighted by Crippen LogP contribution is 2.33. The Labute approximate surface area is 352 Å². The Morgan fingerprint density at radius 2 is 1.30 bits per heavy atom. The number of benzene rings is 5.